The van der Waals surface area contributed by atoms with E-state index >= 15 is 0 Å². The summed E-state index contributed by atoms with van der Waals surface area (Å²) in [6, 6.07) is 20.3. The first-order valence-electron chi connectivity index (χ1n) is 12.1. The highest BCUT2D eigenvalue weighted by Crippen LogP contribution is 2.31. The summed E-state index contributed by atoms with van der Waals surface area (Å²) < 4.78 is 1.95. The summed E-state index contributed by atoms with van der Waals surface area (Å²) in [6.45, 7) is 3.79. The van der Waals surface area contributed by atoms with Crippen LogP contribution in [0.4, 0.5) is 10.5 Å². The molecule has 180 valence electrons. The number of aromatic nitrogens is 4. The van der Waals surface area contributed by atoms with Crippen molar-refractivity contribution >= 4 is 22.8 Å². The summed E-state index contributed by atoms with van der Waals surface area (Å²) in [5.41, 5.74) is 6.88. The Kier molecular flexibility index (Phi) is 5.93. The molecule has 4 heterocycles. The zero-order valence-corrected chi connectivity index (χ0v) is 19.8. The van der Waals surface area contributed by atoms with Crippen LogP contribution < -0.4 is 10.6 Å². The van der Waals surface area contributed by atoms with E-state index in [0.29, 0.717) is 13.1 Å². The van der Waals surface area contributed by atoms with Crippen LogP contribution in [0.3, 0.4) is 0 Å². The van der Waals surface area contributed by atoms with E-state index in [1.54, 1.807) is 0 Å². The number of fused-ring (bicyclic) bond motifs is 1. The van der Waals surface area contributed by atoms with E-state index in [1.807, 2.05) is 70.6 Å². The van der Waals surface area contributed by atoms with Gasteiger partial charge in [-0.05, 0) is 29.3 Å². The number of H-pyrrole nitrogens is 1. The second kappa shape index (κ2) is 9.67. The monoisotopic (exact) mass is 477 g/mol. The maximum atomic E-state index is 12.6. The molecule has 0 saturated carbocycles. The first-order valence-corrected chi connectivity index (χ1v) is 12.1. The number of urea groups is 1. The van der Waals surface area contributed by atoms with Crippen molar-refractivity contribution in [1.29, 1.82) is 0 Å². The highest BCUT2D eigenvalue weighted by molar-refractivity contribution is 5.96. The molecule has 0 spiro atoms. The Hall–Kier alpha value is -4.43. The molecular formula is C28H27N7O. The zero-order valence-electron chi connectivity index (χ0n) is 19.8. The predicted molar refractivity (Wildman–Crippen MR) is 142 cm³/mol. The lowest BCUT2D eigenvalue weighted by Crippen LogP contribution is -2.48. The van der Waals surface area contributed by atoms with E-state index in [9.17, 15) is 4.79 Å². The van der Waals surface area contributed by atoms with Crippen molar-refractivity contribution in [2.75, 3.05) is 31.5 Å². The van der Waals surface area contributed by atoms with Crippen LogP contribution >= 0.6 is 0 Å². The van der Waals surface area contributed by atoms with Crippen LogP contribution in [0.25, 0.3) is 33.3 Å². The largest absolute Gasteiger partial charge is 0.346 e. The van der Waals surface area contributed by atoms with Crippen LogP contribution in [0.15, 0.2) is 85.5 Å². The van der Waals surface area contributed by atoms with Crippen LogP contribution in [-0.4, -0.2) is 56.9 Å². The van der Waals surface area contributed by atoms with Crippen LogP contribution in [0.2, 0.25) is 0 Å². The number of nitrogens with one attached hydrogen (secondary N) is 3. The second-order valence-electron chi connectivity index (χ2n) is 8.98. The summed E-state index contributed by atoms with van der Waals surface area (Å²) in [5.74, 6) is 0. The number of nitrogens with zero attached hydrogens (tertiary/aromatic N) is 4. The molecule has 0 atom stereocenters. The van der Waals surface area contributed by atoms with Gasteiger partial charge in [0.05, 0.1) is 12.7 Å². The number of amides is 2. The molecule has 1 aliphatic rings. The first kappa shape index (κ1) is 22.1. The number of aromatic amines is 1. The highest BCUT2D eigenvalue weighted by Gasteiger charge is 2.16. The number of hydrogen-bond donors (Lipinski definition) is 3. The molecule has 1 saturated heterocycles. The fraction of sp³-hybridized carbons (Fsp3) is 0.179. The van der Waals surface area contributed by atoms with Gasteiger partial charge in [-0.2, -0.15) is 5.10 Å². The van der Waals surface area contributed by atoms with Crippen molar-refractivity contribution in [1.82, 2.24) is 30.0 Å². The Balaban J connectivity index is 1.25. The van der Waals surface area contributed by atoms with Gasteiger partial charge in [-0.15, -0.1) is 0 Å². The maximum Gasteiger partial charge on any atom is 0.321 e. The van der Waals surface area contributed by atoms with Crippen LogP contribution in [0.1, 0.15) is 5.56 Å². The molecule has 2 aromatic carbocycles. The van der Waals surface area contributed by atoms with Gasteiger partial charge in [0, 0.05) is 72.5 Å². The molecule has 0 unspecified atom stereocenters. The van der Waals surface area contributed by atoms with Gasteiger partial charge in [-0.1, -0.05) is 42.5 Å². The smallest absolute Gasteiger partial charge is 0.321 e. The molecule has 8 heteroatoms. The normalized spacial score (nSPS) is 13.7. The van der Waals surface area contributed by atoms with Crippen molar-refractivity contribution in [3.8, 4) is 22.3 Å². The summed E-state index contributed by atoms with van der Waals surface area (Å²) in [7, 11) is 0. The summed E-state index contributed by atoms with van der Waals surface area (Å²) in [5, 5.41) is 11.9. The lowest BCUT2D eigenvalue weighted by molar-refractivity contribution is 0.204. The third kappa shape index (κ3) is 4.58. The van der Waals surface area contributed by atoms with E-state index < -0.39 is 0 Å². The van der Waals surface area contributed by atoms with Crippen molar-refractivity contribution < 1.29 is 4.79 Å². The zero-order chi connectivity index (χ0) is 24.3. The average molecular weight is 478 g/mol. The van der Waals surface area contributed by atoms with Gasteiger partial charge >= 0.3 is 6.03 Å². The Labute approximate surface area is 209 Å². The molecule has 8 nitrogen and oxygen atoms in total. The Bertz CT molecular complexity index is 1500. The third-order valence-electron chi connectivity index (χ3n) is 6.51. The minimum absolute atomic E-state index is 0.0670. The maximum absolute atomic E-state index is 12.6. The van der Waals surface area contributed by atoms with E-state index in [1.165, 1.54) is 5.56 Å². The fourth-order valence-electron chi connectivity index (χ4n) is 4.61. The Morgan fingerprint density at radius 1 is 0.944 bits per heavy atom. The molecule has 36 heavy (non-hydrogen) atoms. The van der Waals surface area contributed by atoms with Gasteiger partial charge < -0.3 is 20.5 Å². The molecule has 3 N–H and O–H groups in total. The molecule has 1 aliphatic heterocycles. The molecule has 0 aliphatic carbocycles. The van der Waals surface area contributed by atoms with Crippen molar-refractivity contribution in [3.05, 3.63) is 91.0 Å². The standard InChI is InChI=1S/C28H27N7O/c36-28(34-11-9-29-10-12-34)33-24-8-4-7-21(13-24)22-14-25-26(17-31-27(25)30-15-22)23-16-32-35(19-23)18-20-5-2-1-3-6-20/h1-8,13-17,19,29H,9-12,18H2,(H,30,31)(H,33,36). The summed E-state index contributed by atoms with van der Waals surface area (Å²) >= 11 is 0. The van der Waals surface area contributed by atoms with Crippen LogP contribution in [-0.2, 0) is 6.54 Å². The summed E-state index contributed by atoms with van der Waals surface area (Å²) in [4.78, 5) is 22.4. The van der Waals surface area contributed by atoms with Crippen LogP contribution in [0.5, 0.6) is 0 Å². The molecule has 2 amide bonds. The molecule has 0 bridgehead atoms. The lowest BCUT2D eigenvalue weighted by atomic mass is 10.0. The van der Waals surface area contributed by atoms with Gasteiger partial charge in [0.1, 0.15) is 5.65 Å². The second-order valence-corrected chi connectivity index (χ2v) is 8.98. The Morgan fingerprint density at radius 2 is 1.81 bits per heavy atom. The fourth-order valence-corrected chi connectivity index (χ4v) is 4.61. The number of benzene rings is 2. The first-order chi connectivity index (χ1) is 17.7. The van der Waals surface area contributed by atoms with Crippen molar-refractivity contribution in [2.45, 2.75) is 6.54 Å². The SMILES string of the molecule is O=C(Nc1cccc(-c2cnc3[nH]cc(-c4cnn(Cc5ccccc5)c4)c3c2)c1)N1CCNCC1. The average Bonchev–Trinajstić information content (AvgIpc) is 3.56. The predicted octanol–water partition coefficient (Wildman–Crippen LogP) is 4.58. The van der Waals surface area contributed by atoms with Gasteiger partial charge in [-0.25, -0.2) is 9.78 Å². The van der Waals surface area contributed by atoms with E-state index in [0.717, 1.165) is 58.6 Å². The Morgan fingerprint density at radius 3 is 2.67 bits per heavy atom. The van der Waals surface area contributed by atoms with Crippen LogP contribution in [0, 0.1) is 0 Å². The van der Waals surface area contributed by atoms with E-state index in [-0.39, 0.29) is 6.03 Å². The molecule has 0 radical (unpaired) electrons. The van der Waals surface area contributed by atoms with Gasteiger partial charge in [0.2, 0.25) is 0 Å². The van der Waals surface area contributed by atoms with Crippen molar-refractivity contribution in [2.24, 2.45) is 0 Å². The molecular weight excluding hydrogens is 450 g/mol. The van der Waals surface area contributed by atoms with Gasteiger partial charge in [0.15, 0.2) is 0 Å². The summed E-state index contributed by atoms with van der Waals surface area (Å²) in [6.07, 6.45) is 7.80. The highest BCUT2D eigenvalue weighted by atomic mass is 16.2. The van der Waals surface area contributed by atoms with Gasteiger partial charge in [-0.3, -0.25) is 4.68 Å². The molecule has 1 fully saturated rings. The number of piperazine rings is 1. The number of carbonyl (C=O) groups excluding carboxylic acids is 1. The number of pyridine rings is 1. The topological polar surface area (TPSA) is 90.9 Å². The lowest BCUT2D eigenvalue weighted by Gasteiger charge is -2.27. The number of rotatable bonds is 5. The number of anilines is 1. The minimum Gasteiger partial charge on any atom is -0.346 e. The minimum atomic E-state index is -0.0670. The molecule has 6 rings (SSSR count). The number of hydrogen-bond acceptors (Lipinski definition) is 4. The van der Waals surface area contributed by atoms with E-state index in [4.69, 9.17) is 0 Å². The van der Waals surface area contributed by atoms with E-state index in [2.05, 4.69) is 50.1 Å². The quantitative estimate of drug-likeness (QED) is 0.346. The number of carbonyl (C=O) groups is 1. The third-order valence-corrected chi connectivity index (χ3v) is 6.51. The van der Waals surface area contributed by atoms with Gasteiger partial charge in [0.25, 0.3) is 0 Å². The molecule has 5 aromatic rings. The molecule has 3 aromatic heterocycles. The van der Waals surface area contributed by atoms with Crippen molar-refractivity contribution in [3.63, 3.8) is 0 Å².